The van der Waals surface area contributed by atoms with E-state index in [9.17, 15) is 9.59 Å². The third kappa shape index (κ3) is 6.82. The molecule has 0 atom stereocenters. The normalized spacial score (nSPS) is 11.4. The third-order valence-corrected chi connectivity index (χ3v) is 3.59. The number of rotatable bonds is 7. The lowest BCUT2D eigenvalue weighted by molar-refractivity contribution is -0.123. The summed E-state index contributed by atoms with van der Waals surface area (Å²) < 4.78 is 0. The molecular weight excluding hydrogens is 290 g/mol. The molecule has 5 nitrogen and oxygen atoms in total. The highest BCUT2D eigenvalue weighted by Crippen LogP contribution is 2.23. The second-order valence-electron chi connectivity index (χ2n) is 6.63. The smallest absolute Gasteiger partial charge is 0.238 e. The molecule has 0 aliphatic rings. The van der Waals surface area contributed by atoms with Crippen LogP contribution >= 0.6 is 0 Å². The van der Waals surface area contributed by atoms with Gasteiger partial charge in [0.1, 0.15) is 0 Å². The van der Waals surface area contributed by atoms with Gasteiger partial charge in [-0.25, -0.2) is 0 Å². The number of hydrogen-bond acceptors (Lipinski definition) is 3. The minimum absolute atomic E-state index is 0.0586. The second-order valence-corrected chi connectivity index (χ2v) is 6.63. The number of carbonyl (C=O) groups is 2. The Morgan fingerprint density at radius 3 is 2.04 bits per heavy atom. The minimum atomic E-state index is -0.111. The van der Waals surface area contributed by atoms with Crippen molar-refractivity contribution in [2.24, 2.45) is 0 Å². The van der Waals surface area contributed by atoms with Gasteiger partial charge in [-0.3, -0.25) is 14.5 Å². The zero-order valence-electron chi connectivity index (χ0n) is 14.9. The molecule has 0 fully saturated rings. The van der Waals surface area contributed by atoms with Gasteiger partial charge in [-0.2, -0.15) is 0 Å². The van der Waals surface area contributed by atoms with Crippen LogP contribution in [0.2, 0.25) is 0 Å². The lowest BCUT2D eigenvalue weighted by Crippen LogP contribution is -2.41. The molecule has 0 aliphatic carbocycles. The van der Waals surface area contributed by atoms with Crippen LogP contribution in [0.3, 0.4) is 0 Å². The molecule has 1 aromatic rings. The molecule has 23 heavy (non-hydrogen) atoms. The van der Waals surface area contributed by atoms with Crippen LogP contribution < -0.4 is 10.6 Å². The van der Waals surface area contributed by atoms with Crippen LogP contribution in [0.1, 0.15) is 40.2 Å². The molecule has 0 saturated heterocycles. The van der Waals surface area contributed by atoms with E-state index in [-0.39, 0.29) is 30.3 Å². The molecule has 1 aromatic carbocycles. The molecule has 0 radical (unpaired) electrons. The van der Waals surface area contributed by atoms with Gasteiger partial charge in [0, 0.05) is 12.2 Å². The summed E-state index contributed by atoms with van der Waals surface area (Å²) in [4.78, 5) is 25.5. The zero-order chi connectivity index (χ0) is 17.5. The standard InChI is InChI=1S/C18H29N3O2/c1-6-19-16(22)12-21(7-2)13-17(23)20-15-10-8-14(9-11-15)18(3,4)5/h8-11H,6-7,12-13H2,1-5H3,(H,19,22)(H,20,23). The Bertz CT molecular complexity index is 518. The Kier molecular flexibility index (Phi) is 7.23. The van der Waals surface area contributed by atoms with E-state index in [4.69, 9.17) is 0 Å². The van der Waals surface area contributed by atoms with Gasteiger partial charge in [0.2, 0.25) is 11.8 Å². The van der Waals surface area contributed by atoms with Gasteiger partial charge in [0.15, 0.2) is 0 Å². The Labute approximate surface area is 139 Å². The zero-order valence-corrected chi connectivity index (χ0v) is 14.9. The van der Waals surface area contributed by atoms with E-state index in [2.05, 4.69) is 31.4 Å². The van der Waals surface area contributed by atoms with Crippen molar-refractivity contribution in [3.05, 3.63) is 29.8 Å². The molecule has 0 unspecified atom stereocenters. The molecule has 0 aliphatic heterocycles. The van der Waals surface area contributed by atoms with Crippen LogP contribution in [0.5, 0.6) is 0 Å². The number of anilines is 1. The number of carbonyl (C=O) groups excluding carboxylic acids is 2. The molecule has 0 spiro atoms. The van der Waals surface area contributed by atoms with Crippen molar-refractivity contribution in [3.63, 3.8) is 0 Å². The van der Waals surface area contributed by atoms with Gasteiger partial charge in [0.05, 0.1) is 13.1 Å². The van der Waals surface area contributed by atoms with E-state index < -0.39 is 0 Å². The maximum Gasteiger partial charge on any atom is 0.238 e. The fraction of sp³-hybridized carbons (Fsp3) is 0.556. The predicted octanol–water partition coefficient (Wildman–Crippen LogP) is 2.38. The molecule has 128 valence electrons. The highest BCUT2D eigenvalue weighted by atomic mass is 16.2. The Balaban J connectivity index is 2.56. The molecule has 0 heterocycles. The molecule has 2 amide bonds. The first-order valence-electron chi connectivity index (χ1n) is 8.15. The van der Waals surface area contributed by atoms with E-state index in [1.165, 1.54) is 5.56 Å². The summed E-state index contributed by atoms with van der Waals surface area (Å²) in [6.45, 7) is 12.0. The van der Waals surface area contributed by atoms with Gasteiger partial charge in [-0.1, -0.05) is 39.8 Å². The molecular formula is C18H29N3O2. The fourth-order valence-corrected chi connectivity index (χ4v) is 2.19. The lowest BCUT2D eigenvalue weighted by atomic mass is 9.87. The predicted molar refractivity (Wildman–Crippen MR) is 94.6 cm³/mol. The first-order valence-corrected chi connectivity index (χ1v) is 8.15. The number of nitrogens with zero attached hydrogens (tertiary/aromatic N) is 1. The average Bonchev–Trinajstić information content (AvgIpc) is 2.46. The Morgan fingerprint density at radius 2 is 1.57 bits per heavy atom. The van der Waals surface area contributed by atoms with Gasteiger partial charge in [0.25, 0.3) is 0 Å². The van der Waals surface area contributed by atoms with E-state index in [0.29, 0.717) is 13.1 Å². The van der Waals surface area contributed by atoms with Crippen molar-refractivity contribution < 1.29 is 9.59 Å². The van der Waals surface area contributed by atoms with Crippen molar-refractivity contribution in [3.8, 4) is 0 Å². The summed E-state index contributed by atoms with van der Waals surface area (Å²) in [7, 11) is 0. The maximum atomic E-state index is 12.1. The van der Waals surface area contributed by atoms with Gasteiger partial charge >= 0.3 is 0 Å². The first kappa shape index (κ1) is 19.2. The highest BCUT2D eigenvalue weighted by Gasteiger charge is 2.15. The van der Waals surface area contributed by atoms with Crippen molar-refractivity contribution >= 4 is 17.5 Å². The van der Waals surface area contributed by atoms with Gasteiger partial charge < -0.3 is 10.6 Å². The summed E-state index contributed by atoms with van der Waals surface area (Å²) in [5, 5.41) is 5.62. The van der Waals surface area contributed by atoms with Crippen LogP contribution in [0.4, 0.5) is 5.69 Å². The van der Waals surface area contributed by atoms with Crippen LogP contribution in [-0.2, 0) is 15.0 Å². The summed E-state index contributed by atoms with van der Waals surface area (Å²) in [5.41, 5.74) is 2.09. The summed E-state index contributed by atoms with van der Waals surface area (Å²) in [6, 6.07) is 7.89. The molecule has 2 N–H and O–H groups in total. The maximum absolute atomic E-state index is 12.1. The van der Waals surface area contributed by atoms with Crippen molar-refractivity contribution in [2.45, 2.75) is 40.0 Å². The first-order chi connectivity index (χ1) is 10.8. The number of hydrogen-bond donors (Lipinski definition) is 2. The number of amides is 2. The lowest BCUT2D eigenvalue weighted by Gasteiger charge is -2.20. The summed E-state index contributed by atoms with van der Waals surface area (Å²) in [6.07, 6.45) is 0. The van der Waals surface area contributed by atoms with Crippen molar-refractivity contribution in [1.82, 2.24) is 10.2 Å². The average molecular weight is 319 g/mol. The molecule has 0 bridgehead atoms. The summed E-state index contributed by atoms with van der Waals surface area (Å²) in [5.74, 6) is -0.170. The van der Waals surface area contributed by atoms with Crippen molar-refractivity contribution in [1.29, 1.82) is 0 Å². The van der Waals surface area contributed by atoms with Crippen LogP contribution in [0.15, 0.2) is 24.3 Å². The van der Waals surface area contributed by atoms with Crippen LogP contribution in [0.25, 0.3) is 0 Å². The Morgan fingerprint density at radius 1 is 1.00 bits per heavy atom. The second kappa shape index (κ2) is 8.67. The van der Waals surface area contributed by atoms with Crippen LogP contribution in [0, 0.1) is 0 Å². The SMILES string of the molecule is CCNC(=O)CN(CC)CC(=O)Nc1ccc(C(C)(C)C)cc1. The molecule has 0 aromatic heterocycles. The number of nitrogens with one attached hydrogen (secondary N) is 2. The molecule has 5 heteroatoms. The molecule has 0 saturated carbocycles. The largest absolute Gasteiger partial charge is 0.355 e. The quantitative estimate of drug-likeness (QED) is 0.811. The van der Waals surface area contributed by atoms with Gasteiger partial charge in [-0.05, 0) is 36.6 Å². The topological polar surface area (TPSA) is 61.4 Å². The van der Waals surface area contributed by atoms with E-state index in [1.807, 2.05) is 43.0 Å². The minimum Gasteiger partial charge on any atom is -0.355 e. The molecule has 1 rings (SSSR count). The monoisotopic (exact) mass is 319 g/mol. The van der Waals surface area contributed by atoms with E-state index >= 15 is 0 Å². The Hall–Kier alpha value is -1.88. The fourth-order valence-electron chi connectivity index (χ4n) is 2.19. The third-order valence-electron chi connectivity index (χ3n) is 3.59. The van der Waals surface area contributed by atoms with Crippen molar-refractivity contribution in [2.75, 3.05) is 31.5 Å². The van der Waals surface area contributed by atoms with Crippen LogP contribution in [-0.4, -0.2) is 42.9 Å². The van der Waals surface area contributed by atoms with E-state index in [0.717, 1.165) is 5.69 Å². The number of likely N-dealkylation sites (N-methyl/N-ethyl adjacent to an activating group) is 2. The highest BCUT2D eigenvalue weighted by molar-refractivity contribution is 5.92. The van der Waals surface area contributed by atoms with E-state index in [1.54, 1.807) is 0 Å². The van der Waals surface area contributed by atoms with Gasteiger partial charge in [-0.15, -0.1) is 0 Å². The summed E-state index contributed by atoms with van der Waals surface area (Å²) >= 11 is 0. The number of benzene rings is 1.